The maximum Gasteiger partial charge on any atom is 0.194 e. The van der Waals surface area contributed by atoms with E-state index in [1.807, 2.05) is 37.4 Å². The van der Waals surface area contributed by atoms with Crippen molar-refractivity contribution in [1.82, 2.24) is 9.97 Å². The highest BCUT2D eigenvalue weighted by molar-refractivity contribution is 7.98. The van der Waals surface area contributed by atoms with Crippen LogP contribution in [-0.4, -0.2) is 29.4 Å². The van der Waals surface area contributed by atoms with Crippen LogP contribution < -0.4 is 0 Å². The van der Waals surface area contributed by atoms with Gasteiger partial charge in [0.05, 0.1) is 18.9 Å². The first-order chi connectivity index (χ1) is 8.73. The van der Waals surface area contributed by atoms with Gasteiger partial charge in [0.1, 0.15) is 5.69 Å². The summed E-state index contributed by atoms with van der Waals surface area (Å²) in [7, 11) is 0. The number of rotatable bonds is 2. The van der Waals surface area contributed by atoms with E-state index in [2.05, 4.69) is 9.97 Å². The summed E-state index contributed by atoms with van der Waals surface area (Å²) in [4.78, 5) is 9.03. The SMILES string of the molecule is CSc1nc2ccccc(C3(C)OCCO3)c-2n1. The van der Waals surface area contributed by atoms with Crippen molar-refractivity contribution in [2.24, 2.45) is 0 Å². The van der Waals surface area contributed by atoms with Gasteiger partial charge in [0.15, 0.2) is 10.9 Å². The number of hydrogen-bond donors (Lipinski definition) is 0. The summed E-state index contributed by atoms with van der Waals surface area (Å²) in [6.45, 7) is 3.16. The van der Waals surface area contributed by atoms with Crippen LogP contribution >= 0.6 is 11.8 Å². The van der Waals surface area contributed by atoms with E-state index in [9.17, 15) is 0 Å². The first kappa shape index (κ1) is 11.9. The Morgan fingerprint density at radius 1 is 1.17 bits per heavy atom. The smallest absolute Gasteiger partial charge is 0.194 e. The molecule has 0 aromatic rings. The van der Waals surface area contributed by atoms with Crippen molar-refractivity contribution in [2.45, 2.75) is 17.9 Å². The Labute approximate surface area is 110 Å². The molecule has 1 fully saturated rings. The lowest BCUT2D eigenvalue weighted by molar-refractivity contribution is -0.149. The molecule has 0 spiro atoms. The molecule has 0 bridgehead atoms. The summed E-state index contributed by atoms with van der Waals surface area (Å²) < 4.78 is 11.4. The predicted octanol–water partition coefficient (Wildman–Crippen LogP) is 2.52. The third-order valence-corrected chi connectivity index (χ3v) is 3.61. The Hall–Kier alpha value is -1.17. The quantitative estimate of drug-likeness (QED) is 0.778. The van der Waals surface area contributed by atoms with Crippen molar-refractivity contribution in [3.63, 3.8) is 0 Å². The topological polar surface area (TPSA) is 44.2 Å². The van der Waals surface area contributed by atoms with E-state index >= 15 is 0 Å². The minimum absolute atomic E-state index is 0.611. The van der Waals surface area contributed by atoms with Gasteiger partial charge in [-0.05, 0) is 19.2 Å². The van der Waals surface area contributed by atoms with E-state index < -0.39 is 5.79 Å². The fourth-order valence-electron chi connectivity index (χ4n) is 2.15. The van der Waals surface area contributed by atoms with E-state index in [-0.39, 0.29) is 0 Å². The molecule has 0 N–H and O–H groups in total. The second-order valence-corrected chi connectivity index (χ2v) is 4.99. The van der Waals surface area contributed by atoms with Crippen molar-refractivity contribution < 1.29 is 9.47 Å². The summed E-state index contributed by atoms with van der Waals surface area (Å²) in [5, 5.41) is 0.777. The molecule has 0 unspecified atom stereocenters. The van der Waals surface area contributed by atoms with E-state index in [4.69, 9.17) is 9.47 Å². The largest absolute Gasteiger partial charge is 0.344 e. The Morgan fingerprint density at radius 2 is 1.89 bits per heavy atom. The zero-order valence-electron chi connectivity index (χ0n) is 10.3. The molecule has 1 saturated heterocycles. The molecule has 94 valence electrons. The highest BCUT2D eigenvalue weighted by Gasteiger charge is 2.36. The van der Waals surface area contributed by atoms with Crippen molar-refractivity contribution in [2.75, 3.05) is 19.5 Å². The summed E-state index contributed by atoms with van der Waals surface area (Å²) in [5.74, 6) is -0.712. The average Bonchev–Trinajstić information content (AvgIpc) is 2.93. The second kappa shape index (κ2) is 4.50. The Kier molecular flexibility index (Phi) is 2.97. The van der Waals surface area contributed by atoms with E-state index in [0.717, 1.165) is 22.1 Å². The molecule has 2 heterocycles. The van der Waals surface area contributed by atoms with E-state index in [0.29, 0.717) is 13.2 Å². The first-order valence-corrected chi connectivity index (χ1v) is 7.04. The molecule has 0 radical (unpaired) electrons. The van der Waals surface area contributed by atoms with Gasteiger partial charge in [-0.25, -0.2) is 9.97 Å². The van der Waals surface area contributed by atoms with Crippen molar-refractivity contribution >= 4 is 11.8 Å². The Morgan fingerprint density at radius 3 is 2.61 bits per heavy atom. The molecule has 0 aromatic carbocycles. The highest BCUT2D eigenvalue weighted by atomic mass is 32.2. The van der Waals surface area contributed by atoms with Crippen molar-refractivity contribution in [3.05, 3.63) is 29.8 Å². The summed E-state index contributed by atoms with van der Waals surface area (Å²) in [6.07, 6.45) is 1.97. The third-order valence-electron chi connectivity index (χ3n) is 3.06. The molecule has 5 heteroatoms. The molecule has 0 saturated carbocycles. The number of imidazole rings is 1. The zero-order chi connectivity index (χ0) is 12.6. The molecule has 3 rings (SSSR count). The molecule has 0 atom stereocenters. The first-order valence-electron chi connectivity index (χ1n) is 5.82. The predicted molar refractivity (Wildman–Crippen MR) is 69.7 cm³/mol. The molecule has 1 aliphatic carbocycles. The minimum atomic E-state index is -0.712. The van der Waals surface area contributed by atoms with Gasteiger partial charge in [0.2, 0.25) is 0 Å². The fraction of sp³-hybridized carbons (Fsp3) is 0.385. The highest BCUT2D eigenvalue weighted by Crippen LogP contribution is 2.37. The van der Waals surface area contributed by atoms with Crippen LogP contribution in [0.25, 0.3) is 11.4 Å². The molecule has 0 aromatic heterocycles. The lowest BCUT2D eigenvalue weighted by atomic mass is 10.1. The third kappa shape index (κ3) is 1.88. The maximum absolute atomic E-state index is 5.72. The van der Waals surface area contributed by atoms with Crippen LogP contribution in [0.5, 0.6) is 0 Å². The molecular formula is C13H14N2O2S. The van der Waals surface area contributed by atoms with Crippen LogP contribution in [0.3, 0.4) is 0 Å². The summed E-state index contributed by atoms with van der Waals surface area (Å²) in [5.41, 5.74) is 2.67. The fourth-order valence-corrected chi connectivity index (χ4v) is 2.53. The monoisotopic (exact) mass is 262 g/mol. The normalized spacial score (nSPS) is 18.3. The van der Waals surface area contributed by atoms with Crippen LogP contribution in [0.15, 0.2) is 29.4 Å². The van der Waals surface area contributed by atoms with Crippen LogP contribution in [0.2, 0.25) is 0 Å². The van der Waals surface area contributed by atoms with Crippen LogP contribution in [0, 0.1) is 0 Å². The molecule has 18 heavy (non-hydrogen) atoms. The van der Waals surface area contributed by atoms with Gasteiger partial charge >= 0.3 is 0 Å². The van der Waals surface area contributed by atoms with E-state index in [1.165, 1.54) is 11.8 Å². The van der Waals surface area contributed by atoms with Gasteiger partial charge in [0.25, 0.3) is 0 Å². The van der Waals surface area contributed by atoms with Crippen LogP contribution in [0.4, 0.5) is 0 Å². The number of aromatic nitrogens is 2. The lowest BCUT2D eigenvalue weighted by Gasteiger charge is -2.22. The number of ether oxygens (including phenoxy) is 2. The molecule has 2 aliphatic heterocycles. The molecule has 3 aliphatic rings. The van der Waals surface area contributed by atoms with Crippen molar-refractivity contribution in [3.8, 4) is 11.4 Å². The van der Waals surface area contributed by atoms with Crippen LogP contribution in [-0.2, 0) is 15.3 Å². The van der Waals surface area contributed by atoms with Gasteiger partial charge in [-0.3, -0.25) is 0 Å². The average molecular weight is 262 g/mol. The second-order valence-electron chi connectivity index (χ2n) is 4.22. The maximum atomic E-state index is 5.72. The number of hydrogen-bond acceptors (Lipinski definition) is 5. The molecule has 0 amide bonds. The van der Waals surface area contributed by atoms with Crippen LogP contribution in [0.1, 0.15) is 12.5 Å². The van der Waals surface area contributed by atoms with E-state index in [1.54, 1.807) is 0 Å². The van der Waals surface area contributed by atoms with Gasteiger partial charge < -0.3 is 9.47 Å². The Balaban J connectivity index is 2.18. The van der Waals surface area contributed by atoms with Gasteiger partial charge in [-0.15, -0.1) is 0 Å². The Bertz CT molecular complexity index is 541. The number of fused-ring (bicyclic) bond motifs is 1. The number of nitrogens with zero attached hydrogens (tertiary/aromatic N) is 2. The molecule has 4 nitrogen and oxygen atoms in total. The molecular weight excluding hydrogens is 248 g/mol. The number of thioether (sulfide) groups is 1. The van der Waals surface area contributed by atoms with Crippen molar-refractivity contribution in [1.29, 1.82) is 0 Å². The van der Waals surface area contributed by atoms with Gasteiger partial charge in [-0.1, -0.05) is 30.0 Å². The zero-order valence-corrected chi connectivity index (χ0v) is 11.2. The minimum Gasteiger partial charge on any atom is -0.344 e. The lowest BCUT2D eigenvalue weighted by Crippen LogP contribution is -2.23. The standard InChI is InChI=1S/C13H14N2O2S/c1-13(16-7-8-17-13)9-5-3-4-6-10-11(9)15-12(14-10)18-2/h3-6H,7-8H2,1-2H3. The summed E-state index contributed by atoms with van der Waals surface area (Å²) >= 11 is 1.54. The van der Waals surface area contributed by atoms with Gasteiger partial charge in [0, 0.05) is 5.56 Å². The summed E-state index contributed by atoms with van der Waals surface area (Å²) in [6, 6.07) is 7.88. The van der Waals surface area contributed by atoms with Gasteiger partial charge in [-0.2, -0.15) is 0 Å².